The van der Waals surface area contributed by atoms with Crippen LogP contribution in [0.4, 0.5) is 4.79 Å². The molecule has 0 unspecified atom stereocenters. The highest BCUT2D eigenvalue weighted by molar-refractivity contribution is 7.89. The van der Waals surface area contributed by atoms with Crippen LogP contribution in [0.1, 0.15) is 104 Å². The minimum Gasteiger partial charge on any atom is -0.391 e. The van der Waals surface area contributed by atoms with Crippen molar-refractivity contribution in [3.05, 3.63) is 54.1 Å². The summed E-state index contributed by atoms with van der Waals surface area (Å²) in [5, 5.41) is 18.1. The van der Waals surface area contributed by atoms with E-state index in [1.807, 2.05) is 51.1 Å². The highest BCUT2D eigenvalue weighted by Crippen LogP contribution is 2.30. The van der Waals surface area contributed by atoms with Crippen LogP contribution < -0.4 is 15.4 Å². The maximum atomic E-state index is 14.5. The Morgan fingerprint density at radius 3 is 2.41 bits per heavy atom. The quantitative estimate of drug-likeness (QED) is 0.118. The normalized spacial score (nSPS) is 16.7. The number of carbonyl (C=O) groups is 2. The molecule has 1 aliphatic carbocycles. The van der Waals surface area contributed by atoms with E-state index in [9.17, 15) is 23.1 Å². The largest absolute Gasteiger partial charge is 0.391 e. The van der Waals surface area contributed by atoms with Crippen LogP contribution in [0.2, 0.25) is 0 Å². The van der Waals surface area contributed by atoms with Crippen molar-refractivity contribution in [3.8, 4) is 0 Å². The fourth-order valence-electron chi connectivity index (χ4n) is 6.63. The van der Waals surface area contributed by atoms with Gasteiger partial charge in [0, 0.05) is 32.3 Å². The Morgan fingerprint density at radius 2 is 1.80 bits per heavy atom. The SMILES string of the molecule is CCCS(=O)(=O)NC[C@@H](C[C@H](O)[C@H](CC1CCCCC1)NC(=O)[C@H](Cc1c[nH]cn1)N(Cc1ccccc1)C(=O)NCCC(C)C)C(C)C. The van der Waals surface area contributed by atoms with Gasteiger partial charge in [-0.3, -0.25) is 4.79 Å². The molecule has 0 aliphatic heterocycles. The number of carbonyl (C=O) groups excluding carboxylic acids is 2. The number of urea groups is 1. The van der Waals surface area contributed by atoms with E-state index in [4.69, 9.17) is 0 Å². The fraction of sp³-hybridized carbons (Fsp3) is 0.703. The molecule has 3 amide bonds. The summed E-state index contributed by atoms with van der Waals surface area (Å²) in [5.74, 6) is 0.454. The van der Waals surface area contributed by atoms with Gasteiger partial charge >= 0.3 is 6.03 Å². The maximum Gasteiger partial charge on any atom is 0.318 e. The Labute approximate surface area is 294 Å². The van der Waals surface area contributed by atoms with Crippen molar-refractivity contribution in [1.82, 2.24) is 30.2 Å². The van der Waals surface area contributed by atoms with Crippen LogP contribution >= 0.6 is 0 Å². The third kappa shape index (κ3) is 14.4. The van der Waals surface area contributed by atoms with Crippen molar-refractivity contribution in [2.24, 2.45) is 23.7 Å². The smallest absolute Gasteiger partial charge is 0.318 e. The first kappa shape index (κ1) is 40.5. The third-order valence-corrected chi connectivity index (χ3v) is 11.3. The van der Waals surface area contributed by atoms with Crippen LogP contribution in [0.25, 0.3) is 0 Å². The molecule has 1 saturated carbocycles. The van der Waals surface area contributed by atoms with E-state index < -0.39 is 28.2 Å². The molecule has 1 aromatic carbocycles. The van der Waals surface area contributed by atoms with Gasteiger partial charge in [-0.15, -0.1) is 0 Å². The molecule has 1 heterocycles. The van der Waals surface area contributed by atoms with Crippen LogP contribution in [0.3, 0.4) is 0 Å². The van der Waals surface area contributed by atoms with Gasteiger partial charge in [-0.05, 0) is 54.9 Å². The highest BCUT2D eigenvalue weighted by atomic mass is 32.2. The topological polar surface area (TPSA) is 157 Å². The Kier molecular flexibility index (Phi) is 17.1. The van der Waals surface area contributed by atoms with Crippen LogP contribution in [0, 0.1) is 23.7 Å². The number of nitrogens with zero attached hydrogens (tertiary/aromatic N) is 2. The lowest BCUT2D eigenvalue weighted by atomic mass is 9.81. The minimum absolute atomic E-state index is 0.0582. The van der Waals surface area contributed by atoms with Gasteiger partial charge in [-0.1, -0.05) is 97.1 Å². The number of benzene rings is 1. The first-order valence-corrected chi connectivity index (χ1v) is 20.1. The zero-order valence-electron chi connectivity index (χ0n) is 30.4. The summed E-state index contributed by atoms with van der Waals surface area (Å²) in [5.41, 5.74) is 1.54. The molecule has 0 saturated heterocycles. The molecule has 12 heteroatoms. The summed E-state index contributed by atoms with van der Waals surface area (Å²) in [6, 6.07) is 7.83. The van der Waals surface area contributed by atoms with Crippen molar-refractivity contribution in [3.63, 3.8) is 0 Å². The lowest BCUT2D eigenvalue weighted by Gasteiger charge is -2.36. The van der Waals surface area contributed by atoms with Crippen molar-refractivity contribution in [2.75, 3.05) is 18.8 Å². The number of aliphatic hydroxyl groups is 1. The molecule has 2 aromatic rings. The maximum absolute atomic E-state index is 14.5. The standard InChI is InChI=1S/C37H62N6O5S/c1-6-19-49(47,48)41-23-31(28(4)5)21-35(44)33(20-29-13-9-7-10-14-29)42-36(45)34(22-32-24-38-26-40-32)43(25-30-15-11-8-12-16-30)37(46)39-18-17-27(2)3/h8,11-12,15-16,24,26-29,31,33-35,41,44H,6-7,9-10,13-14,17-23,25H2,1-5H3,(H,38,40)(H,39,46)(H,42,45)/t31-,33+,34+,35+/m1/s1. The van der Waals surface area contributed by atoms with Crippen molar-refractivity contribution in [2.45, 2.75) is 124 Å². The summed E-state index contributed by atoms with van der Waals surface area (Å²) in [4.78, 5) is 37.3. The Hall–Kier alpha value is -2.96. The number of rotatable bonds is 21. The van der Waals surface area contributed by atoms with Gasteiger partial charge in [-0.2, -0.15) is 0 Å². The minimum atomic E-state index is -3.40. The van der Waals surface area contributed by atoms with Crippen molar-refractivity contribution < 1.29 is 23.1 Å². The van der Waals surface area contributed by atoms with Gasteiger partial charge in [0.2, 0.25) is 15.9 Å². The van der Waals surface area contributed by atoms with Crippen molar-refractivity contribution >= 4 is 22.0 Å². The van der Waals surface area contributed by atoms with Crippen LogP contribution in [-0.4, -0.2) is 77.4 Å². The second-order valence-corrected chi connectivity index (χ2v) is 16.6. The molecule has 1 aromatic heterocycles. The van der Waals surface area contributed by atoms with Gasteiger partial charge in [0.1, 0.15) is 6.04 Å². The molecule has 3 rings (SSSR count). The first-order valence-electron chi connectivity index (χ1n) is 18.4. The summed E-state index contributed by atoms with van der Waals surface area (Å²) >= 11 is 0. The van der Waals surface area contributed by atoms with E-state index in [0.29, 0.717) is 43.3 Å². The molecular formula is C37H62N6O5S. The summed E-state index contributed by atoms with van der Waals surface area (Å²) in [6.45, 7) is 11.0. The monoisotopic (exact) mass is 702 g/mol. The summed E-state index contributed by atoms with van der Waals surface area (Å²) < 4.78 is 27.7. The first-order chi connectivity index (χ1) is 23.4. The lowest BCUT2D eigenvalue weighted by Crippen LogP contribution is -2.57. The third-order valence-electron chi connectivity index (χ3n) is 9.72. The number of hydrogen-bond acceptors (Lipinski definition) is 6. The number of amides is 3. The summed E-state index contributed by atoms with van der Waals surface area (Å²) in [6.07, 6.45) is 10.4. The molecule has 11 nitrogen and oxygen atoms in total. The molecule has 0 spiro atoms. The summed E-state index contributed by atoms with van der Waals surface area (Å²) in [7, 11) is -3.40. The fourth-order valence-corrected chi connectivity index (χ4v) is 7.78. The van der Waals surface area contributed by atoms with Gasteiger partial charge in [0.25, 0.3) is 0 Å². The Morgan fingerprint density at radius 1 is 1.08 bits per heavy atom. The lowest BCUT2D eigenvalue weighted by molar-refractivity contribution is -0.127. The molecule has 0 bridgehead atoms. The Balaban J connectivity index is 1.91. The van der Waals surface area contributed by atoms with Crippen LogP contribution in [-0.2, 0) is 27.8 Å². The molecule has 0 radical (unpaired) electrons. The predicted molar refractivity (Wildman–Crippen MR) is 195 cm³/mol. The average Bonchev–Trinajstić information content (AvgIpc) is 3.58. The van der Waals surface area contributed by atoms with E-state index >= 15 is 0 Å². The van der Waals surface area contributed by atoms with Crippen LogP contribution in [0.15, 0.2) is 42.9 Å². The van der Waals surface area contributed by atoms with E-state index in [2.05, 4.69) is 39.2 Å². The molecule has 1 aliphatic rings. The predicted octanol–water partition coefficient (Wildman–Crippen LogP) is 5.39. The van der Waals surface area contributed by atoms with E-state index in [-0.39, 0.29) is 49.0 Å². The Bertz CT molecular complexity index is 1330. The number of aliphatic hydroxyl groups excluding tert-OH is 1. The van der Waals surface area contributed by atoms with Gasteiger partial charge < -0.3 is 25.6 Å². The van der Waals surface area contributed by atoms with Crippen LogP contribution in [0.5, 0.6) is 0 Å². The zero-order valence-corrected chi connectivity index (χ0v) is 31.2. The number of imidazole rings is 1. The second-order valence-electron chi connectivity index (χ2n) is 14.6. The van der Waals surface area contributed by atoms with E-state index in [1.54, 1.807) is 17.4 Å². The molecule has 276 valence electrons. The molecule has 49 heavy (non-hydrogen) atoms. The zero-order chi connectivity index (χ0) is 35.8. The highest BCUT2D eigenvalue weighted by Gasteiger charge is 2.35. The molecular weight excluding hydrogens is 641 g/mol. The number of hydrogen-bond donors (Lipinski definition) is 5. The second kappa shape index (κ2) is 20.7. The molecule has 5 N–H and O–H groups in total. The van der Waals surface area contributed by atoms with E-state index in [0.717, 1.165) is 37.7 Å². The number of H-pyrrole nitrogens is 1. The van der Waals surface area contributed by atoms with Gasteiger partial charge in [0.15, 0.2) is 0 Å². The molecule has 4 atom stereocenters. The van der Waals surface area contributed by atoms with Gasteiger partial charge in [0.05, 0.1) is 29.9 Å². The number of aromatic amines is 1. The molecule has 1 fully saturated rings. The van der Waals surface area contributed by atoms with Crippen molar-refractivity contribution in [1.29, 1.82) is 0 Å². The average molecular weight is 703 g/mol. The van der Waals surface area contributed by atoms with E-state index in [1.165, 1.54) is 6.42 Å². The van der Waals surface area contributed by atoms with Gasteiger partial charge in [-0.25, -0.2) is 22.9 Å². The number of sulfonamides is 1. The number of nitrogens with one attached hydrogen (secondary N) is 4. The number of aromatic nitrogens is 2.